The first-order valence-electron chi connectivity index (χ1n) is 8.25. The van der Waals surface area contributed by atoms with Gasteiger partial charge in [0.05, 0.1) is 0 Å². The summed E-state index contributed by atoms with van der Waals surface area (Å²) in [6, 6.07) is 5.86. The monoisotopic (exact) mass is 412 g/mol. The number of hydrogen-bond donors (Lipinski definition) is 5. The lowest BCUT2D eigenvalue weighted by molar-refractivity contribution is 0.112. The topological polar surface area (TPSA) is 151 Å². The third-order valence-electron chi connectivity index (χ3n) is 3.72. The summed E-state index contributed by atoms with van der Waals surface area (Å²) < 4.78 is 22.2. The minimum absolute atomic E-state index is 0.0174. The van der Waals surface area contributed by atoms with Crippen LogP contribution in [-0.2, 0) is 9.13 Å². The maximum atomic E-state index is 11.1. The average molecular weight is 412 g/mol. The van der Waals surface area contributed by atoms with E-state index in [0.29, 0.717) is 6.54 Å². The van der Waals surface area contributed by atoms with E-state index < -0.39 is 26.7 Å². The van der Waals surface area contributed by atoms with E-state index in [2.05, 4.69) is 4.98 Å². The van der Waals surface area contributed by atoms with Crippen LogP contribution in [0.5, 0.6) is 0 Å². The van der Waals surface area contributed by atoms with Gasteiger partial charge in [0.25, 0.3) is 5.08 Å². The van der Waals surface area contributed by atoms with Gasteiger partial charge < -0.3 is 29.6 Å². The van der Waals surface area contributed by atoms with E-state index in [1.807, 2.05) is 32.0 Å². The predicted molar refractivity (Wildman–Crippen MR) is 99.7 cm³/mol. The Morgan fingerprint density at radius 1 is 1.08 bits per heavy atom. The van der Waals surface area contributed by atoms with Crippen molar-refractivity contribution in [3.05, 3.63) is 30.1 Å². The number of pyridine rings is 1. The second-order valence-corrected chi connectivity index (χ2v) is 10.1. The molecule has 5 N–H and O–H groups in total. The molecule has 1 heterocycles. The summed E-state index contributed by atoms with van der Waals surface area (Å²) in [6.45, 7) is 4.61. The minimum atomic E-state index is -5.33. The highest BCUT2D eigenvalue weighted by Gasteiger charge is 2.58. The number of aliphatic hydroxyl groups is 1. The molecule has 0 saturated carbocycles. The van der Waals surface area contributed by atoms with Gasteiger partial charge in [0.15, 0.2) is 0 Å². The van der Waals surface area contributed by atoms with Crippen molar-refractivity contribution in [3.63, 3.8) is 0 Å². The van der Waals surface area contributed by atoms with E-state index in [9.17, 15) is 14.2 Å². The Morgan fingerprint density at radius 3 is 2.00 bits per heavy atom. The molecule has 0 aliphatic heterocycles. The first kappa shape index (κ1) is 25.4. The van der Waals surface area contributed by atoms with Crippen LogP contribution in [0.25, 0.3) is 0 Å². The molecule has 26 heavy (non-hydrogen) atoms. The quantitative estimate of drug-likeness (QED) is 0.302. The van der Waals surface area contributed by atoms with Crippen LogP contribution in [0.1, 0.15) is 38.3 Å². The van der Waals surface area contributed by atoms with Gasteiger partial charge in [0.1, 0.15) is 0 Å². The van der Waals surface area contributed by atoms with Crippen LogP contribution in [0.3, 0.4) is 0 Å². The van der Waals surface area contributed by atoms with Gasteiger partial charge in [-0.2, -0.15) is 0 Å². The van der Waals surface area contributed by atoms with Crippen LogP contribution >= 0.6 is 15.2 Å². The van der Waals surface area contributed by atoms with Crippen LogP contribution < -0.4 is 0 Å². The van der Waals surface area contributed by atoms with Gasteiger partial charge in [0.2, 0.25) is 0 Å². The Kier molecular flexibility index (Phi) is 11.0. The van der Waals surface area contributed by atoms with Gasteiger partial charge in [0, 0.05) is 24.9 Å². The number of aromatic nitrogens is 1. The largest absolute Gasteiger partial charge is 0.369 e. The molecule has 0 amide bonds. The van der Waals surface area contributed by atoms with Crippen LogP contribution in [0.4, 0.5) is 0 Å². The van der Waals surface area contributed by atoms with E-state index in [0.717, 1.165) is 25.0 Å². The first-order chi connectivity index (χ1) is 11.8. The molecule has 0 unspecified atom stereocenters. The number of unbranched alkanes of at least 4 members (excludes halogenated alkanes) is 2. The van der Waals surface area contributed by atoms with Crippen molar-refractivity contribution in [3.8, 4) is 0 Å². The minimum Gasteiger partial charge on any atom is -0.367 e. The summed E-state index contributed by atoms with van der Waals surface area (Å²) in [7, 11) is -9.00. The second-order valence-electron chi connectivity index (χ2n) is 6.09. The Labute approximate surface area is 154 Å². The lowest BCUT2D eigenvalue weighted by Crippen LogP contribution is -2.34. The maximum Gasteiger partial charge on any atom is 0.369 e. The highest BCUT2D eigenvalue weighted by Crippen LogP contribution is 2.68. The SMILES string of the molecule is CCCCCN(C)CCC(O)(P(=O)(O)O)P(=O)(O)O.Cc1ccccn1. The standard InChI is InChI=1S/C9H23NO7P2.C6H7N/c1-3-4-5-7-10(2)8-6-9(11,18(12,13)14)19(15,16)17;1-6-4-2-3-5-7-6/h11H,3-8H2,1-2H3,(H2,12,13,14)(H2,15,16,17);2-5H,1H3. The molecule has 0 aromatic carbocycles. The lowest BCUT2D eigenvalue weighted by Gasteiger charge is -2.30. The van der Waals surface area contributed by atoms with Crippen molar-refractivity contribution < 1.29 is 33.8 Å². The molecule has 152 valence electrons. The molecule has 11 heteroatoms. The van der Waals surface area contributed by atoms with E-state index in [4.69, 9.17) is 19.6 Å². The molecule has 0 fully saturated rings. The Balaban J connectivity index is 0.000000735. The fraction of sp³-hybridized carbons (Fsp3) is 0.667. The summed E-state index contributed by atoms with van der Waals surface area (Å²) in [5.41, 5.74) is 1.07. The number of hydrogen-bond acceptors (Lipinski definition) is 5. The molecule has 1 aromatic rings. The van der Waals surface area contributed by atoms with Gasteiger partial charge in [-0.1, -0.05) is 25.8 Å². The van der Waals surface area contributed by atoms with Gasteiger partial charge in [-0.3, -0.25) is 14.1 Å². The molecule has 1 rings (SSSR count). The molecule has 0 atom stereocenters. The van der Waals surface area contributed by atoms with Crippen molar-refractivity contribution in [2.75, 3.05) is 20.1 Å². The van der Waals surface area contributed by atoms with E-state index in [-0.39, 0.29) is 6.54 Å². The summed E-state index contributed by atoms with van der Waals surface area (Å²) in [4.78, 5) is 41.5. The molecular weight excluding hydrogens is 382 g/mol. The fourth-order valence-corrected chi connectivity index (χ4v) is 4.13. The highest BCUT2D eigenvalue weighted by molar-refractivity contribution is 7.72. The van der Waals surface area contributed by atoms with Crippen molar-refractivity contribution in [1.82, 2.24) is 9.88 Å². The fourth-order valence-electron chi connectivity index (χ4n) is 1.99. The van der Waals surface area contributed by atoms with E-state index in [1.165, 1.54) is 0 Å². The third kappa shape index (κ3) is 8.84. The maximum absolute atomic E-state index is 11.1. The number of nitrogens with zero attached hydrogens (tertiary/aromatic N) is 2. The third-order valence-corrected chi connectivity index (χ3v) is 7.59. The molecule has 0 bridgehead atoms. The second kappa shape index (κ2) is 11.3. The van der Waals surface area contributed by atoms with Crippen LogP contribution in [0.15, 0.2) is 24.4 Å². The van der Waals surface area contributed by atoms with Crippen molar-refractivity contribution >= 4 is 15.2 Å². The Hall–Kier alpha value is -0.630. The van der Waals surface area contributed by atoms with Crippen molar-refractivity contribution in [2.24, 2.45) is 0 Å². The predicted octanol–water partition coefficient (Wildman–Crippen LogP) is 1.89. The highest BCUT2D eigenvalue weighted by atomic mass is 31.2. The smallest absolute Gasteiger partial charge is 0.367 e. The Morgan fingerprint density at radius 2 is 1.65 bits per heavy atom. The van der Waals surface area contributed by atoms with Crippen molar-refractivity contribution in [2.45, 2.75) is 44.6 Å². The molecule has 1 aromatic heterocycles. The molecule has 0 radical (unpaired) electrons. The normalized spacial score (nSPS) is 12.7. The van der Waals surface area contributed by atoms with Gasteiger partial charge >= 0.3 is 15.2 Å². The molecule has 9 nitrogen and oxygen atoms in total. The zero-order chi connectivity index (χ0) is 20.4. The summed E-state index contributed by atoms with van der Waals surface area (Å²) in [5.74, 6) is 0. The van der Waals surface area contributed by atoms with Crippen LogP contribution in [0, 0.1) is 6.92 Å². The molecular formula is C15H30N2O7P2. The van der Waals surface area contributed by atoms with Gasteiger partial charge in [-0.15, -0.1) is 0 Å². The molecule has 0 saturated heterocycles. The summed E-state index contributed by atoms with van der Waals surface area (Å²) >= 11 is 0. The van der Waals surface area contributed by atoms with Gasteiger partial charge in [-0.05, 0) is 39.1 Å². The number of rotatable bonds is 9. The summed E-state index contributed by atoms with van der Waals surface area (Å²) in [5, 5.41) is 6.35. The van der Waals surface area contributed by atoms with Gasteiger partial charge in [-0.25, -0.2) is 0 Å². The van der Waals surface area contributed by atoms with E-state index >= 15 is 0 Å². The average Bonchev–Trinajstić information content (AvgIpc) is 2.52. The lowest BCUT2D eigenvalue weighted by atomic mass is 10.2. The first-order valence-corrected chi connectivity index (χ1v) is 11.5. The molecule has 0 spiro atoms. The molecule has 0 aliphatic carbocycles. The van der Waals surface area contributed by atoms with Crippen molar-refractivity contribution in [1.29, 1.82) is 0 Å². The Bertz CT molecular complexity index is 581. The van der Waals surface area contributed by atoms with Crippen LogP contribution in [0.2, 0.25) is 0 Å². The number of aryl methyl sites for hydroxylation is 1. The van der Waals surface area contributed by atoms with Crippen LogP contribution in [-0.4, -0.2) is 59.8 Å². The zero-order valence-corrected chi connectivity index (χ0v) is 17.2. The molecule has 0 aliphatic rings. The summed E-state index contributed by atoms with van der Waals surface area (Å²) in [6.07, 6.45) is 3.98. The zero-order valence-electron chi connectivity index (χ0n) is 15.4. The van der Waals surface area contributed by atoms with E-state index in [1.54, 1.807) is 18.1 Å².